The van der Waals surface area contributed by atoms with Crippen molar-refractivity contribution >= 4 is 17.6 Å². The number of benzene rings is 1. The SMILES string of the molecule is O=C(O)CC(c1cncc(F)c1)c1ccc(Cl)cc1F. The summed E-state index contributed by atoms with van der Waals surface area (Å²) in [5.41, 5.74) is 0.442. The van der Waals surface area contributed by atoms with Gasteiger partial charge >= 0.3 is 5.97 Å². The Morgan fingerprint density at radius 2 is 2.05 bits per heavy atom. The second-order valence-corrected chi connectivity index (χ2v) is 4.69. The van der Waals surface area contributed by atoms with Crippen LogP contribution in [0, 0.1) is 11.6 Å². The summed E-state index contributed by atoms with van der Waals surface area (Å²) in [7, 11) is 0. The third-order valence-corrected chi connectivity index (χ3v) is 3.08. The van der Waals surface area contributed by atoms with Crippen LogP contribution in [0.1, 0.15) is 23.5 Å². The van der Waals surface area contributed by atoms with Crippen molar-refractivity contribution < 1.29 is 18.7 Å². The average molecular weight is 298 g/mol. The highest BCUT2D eigenvalue weighted by atomic mass is 35.5. The van der Waals surface area contributed by atoms with Crippen LogP contribution < -0.4 is 0 Å². The van der Waals surface area contributed by atoms with Crippen molar-refractivity contribution in [3.8, 4) is 0 Å². The molecular formula is C14H10ClF2NO2. The predicted molar refractivity (Wildman–Crippen MR) is 69.7 cm³/mol. The molecule has 104 valence electrons. The van der Waals surface area contributed by atoms with Gasteiger partial charge in [0.15, 0.2) is 0 Å². The molecule has 1 heterocycles. The molecule has 1 unspecified atom stereocenters. The van der Waals surface area contributed by atoms with Gasteiger partial charge in [-0.2, -0.15) is 0 Å². The number of carboxylic acid groups (broad SMARTS) is 1. The fourth-order valence-corrected chi connectivity index (χ4v) is 2.14. The Morgan fingerprint density at radius 3 is 2.65 bits per heavy atom. The Labute approximate surface area is 118 Å². The van der Waals surface area contributed by atoms with E-state index in [0.29, 0.717) is 5.56 Å². The van der Waals surface area contributed by atoms with Crippen LogP contribution in [-0.4, -0.2) is 16.1 Å². The van der Waals surface area contributed by atoms with Gasteiger partial charge in [-0.05, 0) is 29.3 Å². The molecule has 0 aliphatic carbocycles. The number of aromatic nitrogens is 1. The van der Waals surface area contributed by atoms with Gasteiger partial charge in [-0.15, -0.1) is 0 Å². The summed E-state index contributed by atoms with van der Waals surface area (Å²) in [5.74, 6) is -3.18. The maximum atomic E-state index is 13.9. The zero-order valence-electron chi connectivity index (χ0n) is 10.2. The molecule has 0 amide bonds. The lowest BCUT2D eigenvalue weighted by molar-refractivity contribution is -0.137. The largest absolute Gasteiger partial charge is 0.481 e. The monoisotopic (exact) mass is 297 g/mol. The standard InChI is InChI=1S/C14H10ClF2NO2/c15-9-1-2-11(13(17)4-9)12(5-14(19)20)8-3-10(16)7-18-6-8/h1-4,6-7,12H,5H2,(H,19,20). The topological polar surface area (TPSA) is 50.2 Å². The molecule has 3 nitrogen and oxygen atoms in total. The number of nitrogens with zero attached hydrogens (tertiary/aromatic N) is 1. The van der Waals surface area contributed by atoms with Gasteiger partial charge < -0.3 is 5.11 Å². The number of carboxylic acids is 1. The van der Waals surface area contributed by atoms with Crippen molar-refractivity contribution in [3.63, 3.8) is 0 Å². The average Bonchev–Trinajstić information content (AvgIpc) is 2.36. The molecule has 2 rings (SSSR count). The summed E-state index contributed by atoms with van der Waals surface area (Å²) >= 11 is 5.67. The predicted octanol–water partition coefficient (Wildman–Crippen LogP) is 3.62. The van der Waals surface area contributed by atoms with Gasteiger partial charge in [0.2, 0.25) is 0 Å². The number of halogens is 3. The summed E-state index contributed by atoms with van der Waals surface area (Å²) in [4.78, 5) is 14.6. The fraction of sp³-hybridized carbons (Fsp3) is 0.143. The summed E-state index contributed by atoms with van der Waals surface area (Å²) in [6.45, 7) is 0. The van der Waals surface area contributed by atoms with E-state index in [-0.39, 0.29) is 17.0 Å². The van der Waals surface area contributed by atoms with Crippen LogP contribution in [0.5, 0.6) is 0 Å². The van der Waals surface area contributed by atoms with Crippen molar-refractivity contribution in [1.29, 1.82) is 0 Å². The van der Waals surface area contributed by atoms with Crippen LogP contribution in [0.4, 0.5) is 8.78 Å². The Hall–Kier alpha value is -2.01. The zero-order valence-corrected chi connectivity index (χ0v) is 10.9. The van der Waals surface area contributed by atoms with Crippen molar-refractivity contribution in [2.75, 3.05) is 0 Å². The Kier molecular flexibility index (Phi) is 4.29. The van der Waals surface area contributed by atoms with E-state index in [1.165, 1.54) is 18.3 Å². The zero-order chi connectivity index (χ0) is 14.7. The number of carbonyl (C=O) groups is 1. The molecule has 1 N–H and O–H groups in total. The van der Waals surface area contributed by atoms with Gasteiger partial charge in [0.25, 0.3) is 0 Å². The first-order valence-corrected chi connectivity index (χ1v) is 6.12. The molecule has 1 aromatic heterocycles. The fourth-order valence-electron chi connectivity index (χ4n) is 1.98. The second kappa shape index (κ2) is 5.96. The van der Waals surface area contributed by atoms with Crippen molar-refractivity contribution in [2.45, 2.75) is 12.3 Å². The van der Waals surface area contributed by atoms with E-state index in [9.17, 15) is 13.6 Å². The first kappa shape index (κ1) is 14.4. The molecular weight excluding hydrogens is 288 g/mol. The van der Waals surface area contributed by atoms with Gasteiger partial charge in [0.05, 0.1) is 12.6 Å². The summed E-state index contributed by atoms with van der Waals surface area (Å²) in [5, 5.41) is 9.16. The molecule has 0 aliphatic rings. The van der Waals surface area contributed by atoms with E-state index in [0.717, 1.165) is 18.3 Å². The Morgan fingerprint density at radius 1 is 1.30 bits per heavy atom. The van der Waals surface area contributed by atoms with E-state index in [2.05, 4.69) is 4.98 Å². The maximum Gasteiger partial charge on any atom is 0.304 e. The minimum Gasteiger partial charge on any atom is -0.481 e. The molecule has 0 saturated heterocycles. The lowest BCUT2D eigenvalue weighted by Crippen LogP contribution is -2.10. The third-order valence-electron chi connectivity index (χ3n) is 2.85. The van der Waals surface area contributed by atoms with Crippen molar-refractivity contribution in [1.82, 2.24) is 4.98 Å². The highest BCUT2D eigenvalue weighted by molar-refractivity contribution is 6.30. The van der Waals surface area contributed by atoms with Crippen LogP contribution in [0.25, 0.3) is 0 Å². The molecule has 0 bridgehead atoms. The van der Waals surface area contributed by atoms with E-state index < -0.39 is 23.5 Å². The summed E-state index contributed by atoms with van der Waals surface area (Å²) in [6, 6.07) is 5.10. The minimum atomic E-state index is -1.12. The van der Waals surface area contributed by atoms with Crippen LogP contribution in [0.15, 0.2) is 36.7 Å². The molecule has 0 aliphatic heterocycles. The normalized spacial score (nSPS) is 12.2. The number of hydrogen-bond donors (Lipinski definition) is 1. The third kappa shape index (κ3) is 3.30. The molecule has 2 aromatic rings. The van der Waals surface area contributed by atoms with Gasteiger partial charge in [0.1, 0.15) is 11.6 Å². The number of rotatable bonds is 4. The molecule has 1 atom stereocenters. The number of pyridine rings is 1. The highest BCUT2D eigenvalue weighted by Crippen LogP contribution is 2.31. The summed E-state index contributed by atoms with van der Waals surface area (Å²) < 4.78 is 27.2. The maximum absolute atomic E-state index is 13.9. The molecule has 6 heteroatoms. The van der Waals surface area contributed by atoms with Crippen LogP contribution >= 0.6 is 11.6 Å². The molecule has 1 aromatic carbocycles. The van der Waals surface area contributed by atoms with Crippen LogP contribution in [-0.2, 0) is 4.79 Å². The quantitative estimate of drug-likeness (QED) is 0.937. The van der Waals surface area contributed by atoms with Crippen LogP contribution in [0.2, 0.25) is 5.02 Å². The molecule has 0 radical (unpaired) electrons. The first-order valence-electron chi connectivity index (χ1n) is 5.74. The van der Waals surface area contributed by atoms with Gasteiger partial charge in [-0.25, -0.2) is 8.78 Å². The van der Waals surface area contributed by atoms with E-state index >= 15 is 0 Å². The van der Waals surface area contributed by atoms with Crippen molar-refractivity contribution in [2.24, 2.45) is 0 Å². The highest BCUT2D eigenvalue weighted by Gasteiger charge is 2.22. The van der Waals surface area contributed by atoms with E-state index in [4.69, 9.17) is 16.7 Å². The number of aliphatic carboxylic acids is 1. The Bertz CT molecular complexity index is 649. The van der Waals surface area contributed by atoms with E-state index in [1.807, 2.05) is 0 Å². The minimum absolute atomic E-state index is 0.143. The van der Waals surface area contributed by atoms with Gasteiger partial charge in [-0.1, -0.05) is 17.7 Å². The van der Waals surface area contributed by atoms with Crippen LogP contribution in [0.3, 0.4) is 0 Å². The van der Waals surface area contributed by atoms with Gasteiger partial charge in [-0.3, -0.25) is 9.78 Å². The molecule has 0 spiro atoms. The molecule has 0 fully saturated rings. The van der Waals surface area contributed by atoms with Crippen molar-refractivity contribution in [3.05, 3.63) is 64.4 Å². The molecule has 20 heavy (non-hydrogen) atoms. The first-order chi connectivity index (χ1) is 9.47. The lowest BCUT2D eigenvalue weighted by atomic mass is 9.89. The smallest absolute Gasteiger partial charge is 0.304 e. The van der Waals surface area contributed by atoms with E-state index in [1.54, 1.807) is 0 Å². The van der Waals surface area contributed by atoms with Gasteiger partial charge in [0, 0.05) is 17.1 Å². The number of hydrogen-bond acceptors (Lipinski definition) is 2. The Balaban J connectivity index is 2.49. The summed E-state index contributed by atoms with van der Waals surface area (Å²) in [6.07, 6.45) is 1.95. The lowest BCUT2D eigenvalue weighted by Gasteiger charge is -2.16. The second-order valence-electron chi connectivity index (χ2n) is 4.25. The molecule has 0 saturated carbocycles.